The van der Waals surface area contributed by atoms with Crippen LogP contribution >= 0.6 is 11.3 Å². The van der Waals surface area contributed by atoms with E-state index in [0.717, 1.165) is 23.7 Å². The lowest BCUT2D eigenvalue weighted by molar-refractivity contribution is -0.120. The molecule has 0 saturated heterocycles. The van der Waals surface area contributed by atoms with Crippen LogP contribution in [0.15, 0.2) is 5.38 Å². The molecule has 13 heavy (non-hydrogen) atoms. The van der Waals surface area contributed by atoms with Crippen molar-refractivity contribution in [1.82, 2.24) is 10.3 Å². The summed E-state index contributed by atoms with van der Waals surface area (Å²) in [5, 5.41) is 5.76. The fraction of sp³-hybridized carbons (Fsp3) is 0.556. The highest BCUT2D eigenvalue weighted by Crippen LogP contribution is 2.07. The summed E-state index contributed by atoms with van der Waals surface area (Å²) in [6.45, 7) is 4.73. The van der Waals surface area contributed by atoms with E-state index in [-0.39, 0.29) is 5.91 Å². The number of aromatic nitrogens is 1. The molecular weight excluding hydrogens is 184 g/mol. The molecule has 0 radical (unpaired) electrons. The number of hydrogen-bond acceptors (Lipinski definition) is 3. The van der Waals surface area contributed by atoms with Gasteiger partial charge in [0.1, 0.15) is 0 Å². The predicted molar refractivity (Wildman–Crippen MR) is 53.9 cm³/mol. The second-order valence-electron chi connectivity index (χ2n) is 2.88. The fourth-order valence-corrected chi connectivity index (χ4v) is 1.59. The molecule has 0 aliphatic rings. The third kappa shape index (κ3) is 3.55. The smallest absolute Gasteiger partial charge is 0.226 e. The van der Waals surface area contributed by atoms with Crippen molar-refractivity contribution >= 4 is 17.2 Å². The molecule has 1 rings (SSSR count). The summed E-state index contributed by atoms with van der Waals surface area (Å²) in [6.07, 6.45) is 1.38. The maximum absolute atomic E-state index is 11.2. The van der Waals surface area contributed by atoms with Gasteiger partial charge in [-0.15, -0.1) is 11.3 Å². The van der Waals surface area contributed by atoms with E-state index in [1.54, 1.807) is 11.3 Å². The highest BCUT2D eigenvalue weighted by atomic mass is 32.1. The Morgan fingerprint density at radius 1 is 1.69 bits per heavy atom. The van der Waals surface area contributed by atoms with Crippen LogP contribution in [0, 0.1) is 6.92 Å². The van der Waals surface area contributed by atoms with Gasteiger partial charge in [0.15, 0.2) is 0 Å². The molecule has 0 fully saturated rings. The molecule has 0 bridgehead atoms. The highest BCUT2D eigenvalue weighted by molar-refractivity contribution is 7.09. The van der Waals surface area contributed by atoms with Crippen molar-refractivity contribution in [2.45, 2.75) is 26.7 Å². The van der Waals surface area contributed by atoms with E-state index in [4.69, 9.17) is 0 Å². The average molecular weight is 198 g/mol. The lowest BCUT2D eigenvalue weighted by Gasteiger charge is -2.00. The molecule has 1 aromatic heterocycles. The molecular formula is C9H14N2OS. The number of nitrogens with zero attached hydrogens (tertiary/aromatic N) is 1. The van der Waals surface area contributed by atoms with Crippen molar-refractivity contribution in [3.05, 3.63) is 16.1 Å². The summed E-state index contributed by atoms with van der Waals surface area (Å²) in [5.41, 5.74) is 0.871. The van der Waals surface area contributed by atoms with Crippen LogP contribution in [-0.2, 0) is 11.2 Å². The van der Waals surface area contributed by atoms with Crippen LogP contribution in [0.4, 0.5) is 0 Å². The lowest BCUT2D eigenvalue weighted by atomic mass is 10.3. The van der Waals surface area contributed by atoms with E-state index in [9.17, 15) is 4.79 Å². The summed E-state index contributed by atoms with van der Waals surface area (Å²) in [5.74, 6) is 0.0622. The van der Waals surface area contributed by atoms with E-state index in [1.165, 1.54) is 0 Å². The number of amides is 1. The van der Waals surface area contributed by atoms with Crippen LogP contribution in [0.2, 0.25) is 0 Å². The van der Waals surface area contributed by atoms with Gasteiger partial charge in [0.2, 0.25) is 5.91 Å². The Morgan fingerprint density at radius 2 is 2.46 bits per heavy atom. The largest absolute Gasteiger partial charge is 0.356 e. The maximum Gasteiger partial charge on any atom is 0.226 e. The van der Waals surface area contributed by atoms with Crippen LogP contribution in [0.1, 0.15) is 24.0 Å². The van der Waals surface area contributed by atoms with Crippen LogP contribution in [0.3, 0.4) is 0 Å². The van der Waals surface area contributed by atoms with E-state index < -0.39 is 0 Å². The summed E-state index contributed by atoms with van der Waals surface area (Å²) < 4.78 is 0. The van der Waals surface area contributed by atoms with Crippen molar-refractivity contribution in [3.63, 3.8) is 0 Å². The Hall–Kier alpha value is -0.900. The number of thiazole rings is 1. The number of hydrogen-bond donors (Lipinski definition) is 1. The zero-order chi connectivity index (χ0) is 9.68. The third-order valence-corrected chi connectivity index (χ3v) is 2.40. The van der Waals surface area contributed by atoms with Gasteiger partial charge in [-0.1, -0.05) is 6.92 Å². The van der Waals surface area contributed by atoms with Gasteiger partial charge < -0.3 is 5.32 Å². The second kappa shape index (κ2) is 4.97. The van der Waals surface area contributed by atoms with Crippen LogP contribution < -0.4 is 5.32 Å². The summed E-state index contributed by atoms with van der Waals surface area (Å²) in [6, 6.07) is 0. The van der Waals surface area contributed by atoms with Crippen molar-refractivity contribution in [2.24, 2.45) is 0 Å². The molecule has 0 atom stereocenters. The molecule has 0 spiro atoms. The minimum atomic E-state index is 0.0622. The second-order valence-corrected chi connectivity index (χ2v) is 3.95. The van der Waals surface area contributed by atoms with E-state index in [2.05, 4.69) is 10.3 Å². The van der Waals surface area contributed by atoms with Crippen molar-refractivity contribution < 1.29 is 4.79 Å². The first kappa shape index (κ1) is 10.2. The quantitative estimate of drug-likeness (QED) is 0.797. The molecule has 1 heterocycles. The normalized spacial score (nSPS) is 10.0. The number of carbonyl (C=O) groups excluding carboxylic acids is 1. The van der Waals surface area contributed by atoms with Crippen LogP contribution in [0.25, 0.3) is 0 Å². The monoisotopic (exact) mass is 198 g/mol. The zero-order valence-corrected chi connectivity index (χ0v) is 8.78. The third-order valence-electron chi connectivity index (χ3n) is 1.58. The minimum Gasteiger partial charge on any atom is -0.356 e. The Morgan fingerprint density at radius 3 is 3.00 bits per heavy atom. The fourth-order valence-electron chi connectivity index (χ4n) is 0.981. The SMILES string of the molecule is CCCNC(=O)Cc1csc(C)n1. The van der Waals surface area contributed by atoms with Crippen molar-refractivity contribution in [2.75, 3.05) is 6.54 Å². The first-order valence-corrected chi connectivity index (χ1v) is 5.28. The molecule has 0 aliphatic carbocycles. The Kier molecular flexibility index (Phi) is 3.89. The molecule has 0 saturated carbocycles. The molecule has 4 heteroatoms. The number of rotatable bonds is 4. The van der Waals surface area contributed by atoms with Gasteiger partial charge in [0, 0.05) is 11.9 Å². The summed E-state index contributed by atoms with van der Waals surface area (Å²) in [4.78, 5) is 15.5. The predicted octanol–water partition coefficient (Wildman–Crippen LogP) is 1.52. The minimum absolute atomic E-state index is 0.0622. The Balaban J connectivity index is 2.36. The summed E-state index contributed by atoms with van der Waals surface area (Å²) in [7, 11) is 0. The Bertz CT molecular complexity index is 283. The number of aryl methyl sites for hydroxylation is 1. The van der Waals surface area contributed by atoms with Crippen molar-refractivity contribution in [1.29, 1.82) is 0 Å². The molecule has 1 amide bonds. The molecule has 0 aromatic carbocycles. The first-order valence-electron chi connectivity index (χ1n) is 4.40. The van der Waals surface area contributed by atoms with Gasteiger partial charge >= 0.3 is 0 Å². The summed E-state index contributed by atoms with van der Waals surface area (Å²) >= 11 is 1.58. The van der Waals surface area contributed by atoms with Crippen molar-refractivity contribution in [3.8, 4) is 0 Å². The topological polar surface area (TPSA) is 42.0 Å². The number of nitrogens with one attached hydrogen (secondary N) is 1. The van der Waals surface area contributed by atoms with Crippen LogP contribution in [-0.4, -0.2) is 17.4 Å². The molecule has 1 aromatic rings. The maximum atomic E-state index is 11.2. The average Bonchev–Trinajstić information content (AvgIpc) is 2.48. The molecule has 0 aliphatic heterocycles. The van der Waals surface area contributed by atoms with E-state index >= 15 is 0 Å². The zero-order valence-electron chi connectivity index (χ0n) is 7.96. The van der Waals surface area contributed by atoms with Gasteiger partial charge in [-0.2, -0.15) is 0 Å². The molecule has 1 N–H and O–H groups in total. The lowest BCUT2D eigenvalue weighted by Crippen LogP contribution is -2.25. The van der Waals surface area contributed by atoms with Gasteiger partial charge in [0.25, 0.3) is 0 Å². The molecule has 3 nitrogen and oxygen atoms in total. The Labute approximate surface area is 82.2 Å². The first-order chi connectivity index (χ1) is 6.22. The van der Waals surface area contributed by atoms with Gasteiger partial charge in [-0.3, -0.25) is 4.79 Å². The van der Waals surface area contributed by atoms with Gasteiger partial charge in [-0.25, -0.2) is 4.98 Å². The molecule has 0 unspecified atom stereocenters. The van der Waals surface area contributed by atoms with Gasteiger partial charge in [0.05, 0.1) is 17.1 Å². The van der Waals surface area contributed by atoms with E-state index in [1.807, 2.05) is 19.2 Å². The van der Waals surface area contributed by atoms with Crippen LogP contribution in [0.5, 0.6) is 0 Å². The standard InChI is InChI=1S/C9H14N2OS/c1-3-4-10-9(12)5-8-6-13-7(2)11-8/h6H,3-5H2,1-2H3,(H,10,12). The highest BCUT2D eigenvalue weighted by Gasteiger charge is 2.04. The van der Waals surface area contributed by atoms with E-state index in [0.29, 0.717) is 6.42 Å². The molecule has 72 valence electrons. The van der Waals surface area contributed by atoms with Gasteiger partial charge in [-0.05, 0) is 13.3 Å². The number of carbonyl (C=O) groups is 1.